The Labute approximate surface area is 104 Å². The van der Waals surface area contributed by atoms with Crippen molar-refractivity contribution in [1.82, 2.24) is 0 Å². The lowest BCUT2D eigenvalue weighted by molar-refractivity contribution is -0.125. The third kappa shape index (κ3) is 2.43. The number of rotatable bonds is 1. The predicted molar refractivity (Wildman–Crippen MR) is 71.2 cm³/mol. The van der Waals surface area contributed by atoms with Crippen molar-refractivity contribution in [3.8, 4) is 0 Å². The van der Waals surface area contributed by atoms with Crippen LogP contribution in [0.1, 0.15) is 51.2 Å². The molecule has 92 valence electrons. The smallest absolute Gasteiger partial charge is 0.134 e. The Morgan fingerprint density at radius 3 is 2.29 bits per heavy atom. The highest BCUT2D eigenvalue weighted by molar-refractivity contribution is 5.81. The second-order valence-corrected chi connectivity index (χ2v) is 6.61. The van der Waals surface area contributed by atoms with E-state index in [9.17, 15) is 4.79 Å². The molecule has 0 aliphatic heterocycles. The average Bonchev–Trinajstić information content (AvgIpc) is 2.13. The molecule has 0 bridgehead atoms. The van der Waals surface area contributed by atoms with Crippen molar-refractivity contribution in [1.29, 1.82) is 0 Å². The zero-order valence-corrected chi connectivity index (χ0v) is 11.3. The molecule has 0 N–H and O–H groups in total. The zero-order chi connectivity index (χ0) is 12.7. The summed E-state index contributed by atoms with van der Waals surface area (Å²) in [5, 5.41) is 0. The zero-order valence-electron chi connectivity index (χ0n) is 11.3. The van der Waals surface area contributed by atoms with Crippen LogP contribution in [0, 0.1) is 12.3 Å². The van der Waals surface area contributed by atoms with Gasteiger partial charge in [0.15, 0.2) is 0 Å². The number of carbonyl (C=O) groups excluding carboxylic acids is 1. The largest absolute Gasteiger partial charge is 0.300 e. The fraction of sp³-hybridized carbons (Fsp3) is 0.562. The van der Waals surface area contributed by atoms with Crippen molar-refractivity contribution in [3.63, 3.8) is 0 Å². The van der Waals surface area contributed by atoms with Crippen LogP contribution in [0.3, 0.4) is 0 Å². The van der Waals surface area contributed by atoms with E-state index in [1.54, 1.807) is 0 Å². The summed E-state index contributed by atoms with van der Waals surface area (Å²) in [6, 6.07) is 8.48. The van der Waals surface area contributed by atoms with Crippen molar-refractivity contribution < 1.29 is 4.79 Å². The molecule has 0 aromatic heterocycles. The molecule has 1 aliphatic rings. The van der Waals surface area contributed by atoms with E-state index < -0.39 is 0 Å². The second-order valence-electron chi connectivity index (χ2n) is 6.61. The van der Waals surface area contributed by atoms with Crippen LogP contribution in [0.15, 0.2) is 24.3 Å². The molecule has 2 rings (SSSR count). The van der Waals surface area contributed by atoms with Crippen LogP contribution in [0.25, 0.3) is 0 Å². The molecule has 0 spiro atoms. The molecule has 1 nitrogen and oxygen atoms in total. The lowest BCUT2D eigenvalue weighted by Gasteiger charge is -2.43. The summed E-state index contributed by atoms with van der Waals surface area (Å²) in [5.41, 5.74) is 2.80. The van der Waals surface area contributed by atoms with Gasteiger partial charge in [-0.15, -0.1) is 0 Å². The Morgan fingerprint density at radius 1 is 1.06 bits per heavy atom. The van der Waals surface area contributed by atoms with E-state index in [1.165, 1.54) is 11.1 Å². The molecule has 1 aliphatic carbocycles. The highest BCUT2D eigenvalue weighted by Crippen LogP contribution is 2.46. The van der Waals surface area contributed by atoms with Gasteiger partial charge in [-0.25, -0.2) is 0 Å². The number of carbonyl (C=O) groups is 1. The number of benzene rings is 1. The molecule has 0 amide bonds. The maximum Gasteiger partial charge on any atom is 0.134 e. The number of aryl methyl sites for hydroxylation is 1. The van der Waals surface area contributed by atoms with Gasteiger partial charge in [-0.1, -0.05) is 45.0 Å². The van der Waals surface area contributed by atoms with Gasteiger partial charge in [-0.2, -0.15) is 0 Å². The van der Waals surface area contributed by atoms with Crippen LogP contribution in [0.2, 0.25) is 0 Å². The van der Waals surface area contributed by atoms with Gasteiger partial charge in [0.1, 0.15) is 5.78 Å². The fourth-order valence-corrected chi connectivity index (χ4v) is 3.65. The molecule has 1 saturated carbocycles. The normalized spacial score (nSPS) is 28.1. The minimum atomic E-state index is 0.0180. The summed E-state index contributed by atoms with van der Waals surface area (Å²) in [4.78, 5) is 12.0. The molecule has 1 heteroatoms. The lowest BCUT2D eigenvalue weighted by Crippen LogP contribution is -2.39. The minimum Gasteiger partial charge on any atom is -0.300 e. The summed E-state index contributed by atoms with van der Waals surface area (Å²) >= 11 is 0. The monoisotopic (exact) mass is 230 g/mol. The number of hydrogen-bond donors (Lipinski definition) is 0. The van der Waals surface area contributed by atoms with Gasteiger partial charge in [-0.05, 0) is 29.9 Å². The van der Waals surface area contributed by atoms with E-state index in [0.29, 0.717) is 12.2 Å². The molecule has 1 aromatic rings. The van der Waals surface area contributed by atoms with Gasteiger partial charge in [0, 0.05) is 18.3 Å². The highest BCUT2D eigenvalue weighted by Gasteiger charge is 2.41. The SMILES string of the molecule is Cc1ccccc1C1(C)CC(=O)CC(C)(C)C1. The van der Waals surface area contributed by atoms with Crippen molar-refractivity contribution in [2.24, 2.45) is 5.41 Å². The molecular formula is C16H22O. The van der Waals surface area contributed by atoms with Gasteiger partial charge in [-0.3, -0.25) is 4.79 Å². The van der Waals surface area contributed by atoms with Crippen LogP contribution in [-0.4, -0.2) is 5.78 Å². The summed E-state index contributed by atoms with van der Waals surface area (Å²) < 4.78 is 0. The van der Waals surface area contributed by atoms with Crippen molar-refractivity contribution in [2.45, 2.75) is 52.4 Å². The summed E-state index contributed by atoms with van der Waals surface area (Å²) in [7, 11) is 0. The van der Waals surface area contributed by atoms with E-state index in [4.69, 9.17) is 0 Å². The van der Waals surface area contributed by atoms with Gasteiger partial charge in [0.25, 0.3) is 0 Å². The molecular weight excluding hydrogens is 208 g/mol. The Kier molecular flexibility index (Phi) is 2.89. The topological polar surface area (TPSA) is 17.1 Å². The molecule has 0 heterocycles. The van der Waals surface area contributed by atoms with Crippen molar-refractivity contribution in [3.05, 3.63) is 35.4 Å². The first kappa shape index (κ1) is 12.3. The minimum absolute atomic E-state index is 0.0180. The van der Waals surface area contributed by atoms with Gasteiger partial charge < -0.3 is 0 Å². The highest BCUT2D eigenvalue weighted by atomic mass is 16.1. The summed E-state index contributed by atoms with van der Waals surface area (Å²) in [6.07, 6.45) is 2.52. The van der Waals surface area contributed by atoms with E-state index in [0.717, 1.165) is 12.8 Å². The Morgan fingerprint density at radius 2 is 1.71 bits per heavy atom. The van der Waals surface area contributed by atoms with Crippen molar-refractivity contribution in [2.75, 3.05) is 0 Å². The van der Waals surface area contributed by atoms with Crippen LogP contribution in [0.5, 0.6) is 0 Å². The first-order valence-electron chi connectivity index (χ1n) is 6.40. The third-order valence-electron chi connectivity index (χ3n) is 3.93. The van der Waals surface area contributed by atoms with Crippen LogP contribution < -0.4 is 0 Å². The Bertz CT molecular complexity index is 445. The standard InChI is InChI=1S/C16H22O/c1-12-7-5-6-8-14(12)16(4)10-13(17)9-15(2,3)11-16/h5-8H,9-11H2,1-4H3. The average molecular weight is 230 g/mol. The summed E-state index contributed by atoms with van der Waals surface area (Å²) in [6.45, 7) is 8.81. The van der Waals surface area contributed by atoms with E-state index in [2.05, 4.69) is 52.0 Å². The van der Waals surface area contributed by atoms with E-state index >= 15 is 0 Å². The summed E-state index contributed by atoms with van der Waals surface area (Å²) in [5.74, 6) is 0.409. The number of ketones is 1. The predicted octanol–water partition coefficient (Wildman–Crippen LogP) is 4.03. The lowest BCUT2D eigenvalue weighted by atomic mass is 9.61. The van der Waals surface area contributed by atoms with Crippen LogP contribution in [0.4, 0.5) is 0 Å². The second kappa shape index (κ2) is 3.97. The molecule has 0 saturated heterocycles. The molecule has 1 atom stereocenters. The maximum atomic E-state index is 12.0. The quantitative estimate of drug-likeness (QED) is 0.712. The maximum absolute atomic E-state index is 12.0. The van der Waals surface area contributed by atoms with Gasteiger partial charge in [0.2, 0.25) is 0 Å². The molecule has 17 heavy (non-hydrogen) atoms. The van der Waals surface area contributed by atoms with Crippen LogP contribution in [-0.2, 0) is 10.2 Å². The first-order chi connectivity index (χ1) is 7.82. The van der Waals surface area contributed by atoms with Crippen LogP contribution >= 0.6 is 0 Å². The number of hydrogen-bond acceptors (Lipinski definition) is 1. The molecule has 1 unspecified atom stereocenters. The van der Waals surface area contributed by atoms with Gasteiger partial charge >= 0.3 is 0 Å². The molecule has 1 aromatic carbocycles. The first-order valence-corrected chi connectivity index (χ1v) is 6.40. The fourth-order valence-electron chi connectivity index (χ4n) is 3.65. The third-order valence-corrected chi connectivity index (χ3v) is 3.93. The van der Waals surface area contributed by atoms with Crippen molar-refractivity contribution >= 4 is 5.78 Å². The molecule has 1 fully saturated rings. The van der Waals surface area contributed by atoms with E-state index in [-0.39, 0.29) is 10.8 Å². The molecule has 0 radical (unpaired) electrons. The number of Topliss-reactive ketones (excluding diaryl/α,β-unsaturated/α-hetero) is 1. The van der Waals surface area contributed by atoms with Gasteiger partial charge in [0.05, 0.1) is 0 Å². The van der Waals surface area contributed by atoms with E-state index in [1.807, 2.05) is 0 Å². The Balaban J connectivity index is 2.42. The Hall–Kier alpha value is -1.11.